The molecule has 0 spiro atoms. The van der Waals surface area contributed by atoms with Gasteiger partial charge in [0.25, 0.3) is 0 Å². The smallest absolute Gasteiger partial charge is 0.194 e. The Morgan fingerprint density at radius 1 is 0.565 bits per heavy atom. The zero-order chi connectivity index (χ0) is 16.1. The van der Waals surface area contributed by atoms with Crippen LogP contribution in [0.15, 0.2) is 54.6 Å². The highest BCUT2D eigenvalue weighted by Crippen LogP contribution is 2.42. The van der Waals surface area contributed by atoms with Gasteiger partial charge in [0.1, 0.15) is 0 Å². The van der Waals surface area contributed by atoms with Crippen LogP contribution in [0.4, 0.5) is 0 Å². The van der Waals surface area contributed by atoms with Crippen LogP contribution in [-0.2, 0) is 0 Å². The van der Waals surface area contributed by atoms with Crippen molar-refractivity contribution in [3.63, 3.8) is 0 Å². The van der Waals surface area contributed by atoms with Gasteiger partial charge in [0, 0.05) is 21.7 Å². The second kappa shape index (κ2) is 5.38. The van der Waals surface area contributed by atoms with Crippen LogP contribution < -0.4 is 0 Å². The predicted molar refractivity (Wildman–Crippen MR) is 95.8 cm³/mol. The second-order valence-electron chi connectivity index (χ2n) is 5.38. The Labute approximate surface area is 148 Å². The Morgan fingerprint density at radius 2 is 1.30 bits per heavy atom. The fourth-order valence-corrected chi connectivity index (χ4v) is 3.50. The summed E-state index contributed by atoms with van der Waals surface area (Å²) in [4.78, 5) is 12.6. The zero-order valence-corrected chi connectivity index (χ0v) is 14.0. The molecule has 0 amide bonds. The lowest BCUT2D eigenvalue weighted by atomic mass is 9.99. The van der Waals surface area contributed by atoms with Gasteiger partial charge in [-0.3, -0.25) is 4.79 Å². The van der Waals surface area contributed by atoms with Crippen molar-refractivity contribution in [3.05, 3.63) is 80.8 Å². The maximum Gasteiger partial charge on any atom is 0.194 e. The minimum absolute atomic E-state index is 0.0218. The minimum atomic E-state index is 0.0218. The number of hydrogen-bond acceptors (Lipinski definition) is 1. The van der Waals surface area contributed by atoms with E-state index in [1.54, 1.807) is 12.1 Å². The van der Waals surface area contributed by atoms with Gasteiger partial charge < -0.3 is 0 Å². The van der Waals surface area contributed by atoms with Crippen molar-refractivity contribution in [2.24, 2.45) is 0 Å². The number of carbonyl (C=O) groups is 1. The lowest BCUT2D eigenvalue weighted by molar-refractivity contribution is 0.104. The van der Waals surface area contributed by atoms with Gasteiger partial charge in [-0.2, -0.15) is 0 Å². The Hall–Kier alpha value is -1.80. The average molecular weight is 360 g/mol. The summed E-state index contributed by atoms with van der Waals surface area (Å²) in [5.41, 5.74) is 4.78. The van der Waals surface area contributed by atoms with Gasteiger partial charge >= 0.3 is 0 Å². The highest BCUT2D eigenvalue weighted by atomic mass is 35.5. The molecule has 0 aliphatic heterocycles. The summed E-state index contributed by atoms with van der Waals surface area (Å²) in [7, 11) is 0. The van der Waals surface area contributed by atoms with E-state index >= 15 is 0 Å². The van der Waals surface area contributed by atoms with E-state index in [9.17, 15) is 4.79 Å². The van der Waals surface area contributed by atoms with Crippen molar-refractivity contribution in [3.8, 4) is 22.3 Å². The normalized spacial score (nSPS) is 12.2. The molecule has 0 bridgehead atoms. The van der Waals surface area contributed by atoms with Crippen molar-refractivity contribution in [2.45, 2.75) is 0 Å². The van der Waals surface area contributed by atoms with Gasteiger partial charge in [-0.25, -0.2) is 0 Å². The predicted octanol–water partition coefficient (Wildman–Crippen LogP) is 6.53. The van der Waals surface area contributed by atoms with Gasteiger partial charge in [0.05, 0.1) is 10.0 Å². The minimum Gasteiger partial charge on any atom is -0.289 e. The quantitative estimate of drug-likeness (QED) is 0.378. The molecule has 0 saturated heterocycles. The SMILES string of the molecule is O=C1c2ccccc2-c2cc(Cl)c(-c3ccc(Cl)c(Cl)c3)cc21. The van der Waals surface area contributed by atoms with Gasteiger partial charge in [-0.05, 0) is 41.0 Å². The maximum atomic E-state index is 12.6. The molecule has 3 aromatic rings. The molecule has 112 valence electrons. The summed E-state index contributed by atoms with van der Waals surface area (Å²) < 4.78 is 0. The molecule has 4 rings (SSSR count). The molecule has 1 nitrogen and oxygen atoms in total. The van der Waals surface area contributed by atoms with Crippen LogP contribution in [0.3, 0.4) is 0 Å². The van der Waals surface area contributed by atoms with Crippen molar-refractivity contribution in [2.75, 3.05) is 0 Å². The van der Waals surface area contributed by atoms with E-state index in [1.807, 2.05) is 42.5 Å². The molecule has 0 N–H and O–H groups in total. The molecule has 3 aromatic carbocycles. The van der Waals surface area contributed by atoms with Crippen LogP contribution in [0.25, 0.3) is 22.3 Å². The summed E-state index contributed by atoms with van der Waals surface area (Å²) >= 11 is 18.5. The zero-order valence-electron chi connectivity index (χ0n) is 11.7. The lowest BCUT2D eigenvalue weighted by Gasteiger charge is -2.09. The highest BCUT2D eigenvalue weighted by Gasteiger charge is 2.27. The Morgan fingerprint density at radius 3 is 2.04 bits per heavy atom. The Kier molecular flexibility index (Phi) is 3.46. The molecule has 0 saturated carbocycles. The molecule has 1 aliphatic carbocycles. The molecule has 0 unspecified atom stereocenters. The third-order valence-corrected chi connectivity index (χ3v) is 5.10. The summed E-state index contributed by atoms with van der Waals surface area (Å²) in [6.07, 6.45) is 0. The second-order valence-corrected chi connectivity index (χ2v) is 6.60. The largest absolute Gasteiger partial charge is 0.289 e. The summed E-state index contributed by atoms with van der Waals surface area (Å²) in [6.45, 7) is 0. The van der Waals surface area contributed by atoms with E-state index in [0.717, 1.165) is 22.3 Å². The standard InChI is InChI=1S/C19H9Cl3O/c20-16-6-5-10(7-18(16)22)13-8-15-14(9-17(13)21)11-3-1-2-4-12(11)19(15)23/h1-9H. The molecule has 0 fully saturated rings. The molecule has 0 radical (unpaired) electrons. The Balaban J connectivity index is 1.93. The van der Waals surface area contributed by atoms with Gasteiger partial charge in [-0.1, -0.05) is 65.1 Å². The topological polar surface area (TPSA) is 17.1 Å². The van der Waals surface area contributed by atoms with Crippen molar-refractivity contribution < 1.29 is 4.79 Å². The van der Waals surface area contributed by atoms with Crippen LogP contribution in [0, 0.1) is 0 Å². The molecule has 0 atom stereocenters. The van der Waals surface area contributed by atoms with Crippen LogP contribution >= 0.6 is 34.8 Å². The first-order valence-electron chi connectivity index (χ1n) is 6.99. The molecule has 0 heterocycles. The molecule has 0 aromatic heterocycles. The van der Waals surface area contributed by atoms with E-state index in [-0.39, 0.29) is 5.78 Å². The van der Waals surface area contributed by atoms with E-state index in [2.05, 4.69) is 0 Å². The molecular weight excluding hydrogens is 351 g/mol. The lowest BCUT2D eigenvalue weighted by Crippen LogP contribution is -1.95. The fraction of sp³-hybridized carbons (Fsp3) is 0. The van der Waals surface area contributed by atoms with Crippen LogP contribution in [0.1, 0.15) is 15.9 Å². The number of hydrogen-bond donors (Lipinski definition) is 0. The van der Waals surface area contributed by atoms with Crippen molar-refractivity contribution >= 4 is 40.6 Å². The van der Waals surface area contributed by atoms with E-state index in [1.165, 1.54) is 0 Å². The molecule has 4 heteroatoms. The monoisotopic (exact) mass is 358 g/mol. The number of ketones is 1. The average Bonchev–Trinajstić information content (AvgIpc) is 2.82. The number of rotatable bonds is 1. The van der Waals surface area contributed by atoms with Gasteiger partial charge in [0.15, 0.2) is 5.78 Å². The third-order valence-electron chi connectivity index (χ3n) is 4.04. The van der Waals surface area contributed by atoms with Crippen molar-refractivity contribution in [1.82, 2.24) is 0 Å². The Bertz CT molecular complexity index is 976. The van der Waals surface area contributed by atoms with Crippen LogP contribution in [0.2, 0.25) is 15.1 Å². The summed E-state index contributed by atoms with van der Waals surface area (Å²) in [5.74, 6) is 0.0218. The van der Waals surface area contributed by atoms with Gasteiger partial charge in [-0.15, -0.1) is 0 Å². The molecule has 23 heavy (non-hydrogen) atoms. The van der Waals surface area contributed by atoms with Crippen LogP contribution in [-0.4, -0.2) is 5.78 Å². The summed E-state index contributed by atoms with van der Waals surface area (Å²) in [5, 5.41) is 1.51. The van der Waals surface area contributed by atoms with E-state index in [0.29, 0.717) is 26.2 Å². The van der Waals surface area contributed by atoms with Crippen molar-refractivity contribution in [1.29, 1.82) is 0 Å². The number of benzene rings is 3. The van der Waals surface area contributed by atoms with Gasteiger partial charge in [0.2, 0.25) is 0 Å². The van der Waals surface area contributed by atoms with Crippen LogP contribution in [0.5, 0.6) is 0 Å². The first-order chi connectivity index (χ1) is 11.1. The maximum absolute atomic E-state index is 12.6. The van der Waals surface area contributed by atoms with E-state index < -0.39 is 0 Å². The fourth-order valence-electron chi connectivity index (χ4n) is 2.93. The molecule has 1 aliphatic rings. The number of fused-ring (bicyclic) bond motifs is 3. The number of halogens is 3. The first-order valence-corrected chi connectivity index (χ1v) is 8.13. The first kappa shape index (κ1) is 14.8. The third kappa shape index (κ3) is 2.28. The van der Waals surface area contributed by atoms with E-state index in [4.69, 9.17) is 34.8 Å². The highest BCUT2D eigenvalue weighted by molar-refractivity contribution is 6.42. The number of carbonyl (C=O) groups excluding carboxylic acids is 1. The summed E-state index contributed by atoms with van der Waals surface area (Å²) in [6, 6.07) is 16.6. The molecular formula is C19H9Cl3O.